The van der Waals surface area contributed by atoms with Crippen LogP contribution in [0.3, 0.4) is 0 Å². The number of aryl methyl sites for hydroxylation is 2. The van der Waals surface area contributed by atoms with Crippen molar-refractivity contribution in [2.75, 3.05) is 20.3 Å². The summed E-state index contributed by atoms with van der Waals surface area (Å²) >= 11 is 0. The van der Waals surface area contributed by atoms with Crippen LogP contribution in [-0.4, -0.2) is 44.6 Å². The Kier molecular flexibility index (Phi) is 4.57. The summed E-state index contributed by atoms with van der Waals surface area (Å²) in [6, 6.07) is 3.47. The Morgan fingerprint density at radius 2 is 1.86 bits per heavy atom. The van der Waals surface area contributed by atoms with Crippen molar-refractivity contribution in [3.63, 3.8) is 0 Å². The van der Waals surface area contributed by atoms with E-state index in [1.807, 2.05) is 34.6 Å². The Labute approximate surface area is 133 Å². The number of hydrogen-bond donors (Lipinski definition) is 0. The number of hydrogen-bond acceptors (Lipinski definition) is 4. The molecule has 0 aromatic heterocycles. The second kappa shape index (κ2) is 5.83. The summed E-state index contributed by atoms with van der Waals surface area (Å²) in [7, 11) is -2.16. The fourth-order valence-corrected chi connectivity index (χ4v) is 4.69. The van der Waals surface area contributed by atoms with Gasteiger partial charge < -0.3 is 9.47 Å². The number of sulfonamides is 1. The van der Waals surface area contributed by atoms with Gasteiger partial charge in [-0.3, -0.25) is 0 Å². The Hall–Kier alpha value is -1.11. The van der Waals surface area contributed by atoms with Crippen LogP contribution in [0.4, 0.5) is 0 Å². The average Bonchev–Trinajstić information content (AvgIpc) is 2.43. The molecule has 1 unspecified atom stereocenters. The highest BCUT2D eigenvalue weighted by molar-refractivity contribution is 7.89. The number of benzene rings is 1. The smallest absolute Gasteiger partial charge is 0.247 e. The monoisotopic (exact) mass is 327 g/mol. The van der Waals surface area contributed by atoms with Gasteiger partial charge in [0.25, 0.3) is 0 Å². The maximum Gasteiger partial charge on any atom is 0.247 e. The molecule has 6 heteroatoms. The maximum atomic E-state index is 13.2. The Bertz CT molecular complexity index is 667. The molecule has 0 spiro atoms. The van der Waals surface area contributed by atoms with Crippen molar-refractivity contribution in [1.29, 1.82) is 0 Å². The molecule has 2 rings (SSSR count). The van der Waals surface area contributed by atoms with Gasteiger partial charge >= 0.3 is 0 Å². The average molecular weight is 327 g/mol. The lowest BCUT2D eigenvalue weighted by Gasteiger charge is -2.43. The van der Waals surface area contributed by atoms with E-state index in [1.165, 1.54) is 11.4 Å². The Balaban J connectivity index is 2.57. The minimum atomic E-state index is -3.66. The number of morpholine rings is 1. The van der Waals surface area contributed by atoms with Crippen molar-refractivity contribution in [3.8, 4) is 5.75 Å². The molecule has 22 heavy (non-hydrogen) atoms. The number of rotatable bonds is 3. The van der Waals surface area contributed by atoms with E-state index in [2.05, 4.69) is 0 Å². The lowest BCUT2D eigenvalue weighted by atomic mass is 10.1. The van der Waals surface area contributed by atoms with E-state index in [4.69, 9.17) is 9.47 Å². The summed E-state index contributed by atoms with van der Waals surface area (Å²) < 4.78 is 38.8. The van der Waals surface area contributed by atoms with Crippen LogP contribution in [0.1, 0.15) is 31.9 Å². The van der Waals surface area contributed by atoms with Gasteiger partial charge in [0.2, 0.25) is 10.0 Å². The molecule has 1 saturated heterocycles. The largest absolute Gasteiger partial charge is 0.495 e. The van der Waals surface area contributed by atoms with Gasteiger partial charge in [-0.2, -0.15) is 4.31 Å². The first-order chi connectivity index (χ1) is 10.1. The highest BCUT2D eigenvalue weighted by atomic mass is 32.2. The standard InChI is InChI=1S/C16H25NO4S/c1-11-7-14(20-6)15(8-12(11)2)22(18,19)17-9-13(3)21-10-16(17,4)5/h7-8,13H,9-10H2,1-6H3. The van der Waals surface area contributed by atoms with E-state index in [9.17, 15) is 8.42 Å². The van der Waals surface area contributed by atoms with Gasteiger partial charge in [-0.25, -0.2) is 8.42 Å². The second-order valence-corrected chi connectivity index (χ2v) is 8.39. The highest BCUT2D eigenvalue weighted by Crippen LogP contribution is 2.34. The molecular weight excluding hydrogens is 302 g/mol. The third-order valence-corrected chi connectivity index (χ3v) is 6.27. The second-order valence-electron chi connectivity index (χ2n) is 6.56. The molecule has 5 nitrogen and oxygen atoms in total. The zero-order valence-corrected chi connectivity index (χ0v) is 15.0. The fourth-order valence-electron chi connectivity index (χ4n) is 2.62. The van der Waals surface area contributed by atoms with Crippen LogP contribution >= 0.6 is 0 Å². The molecule has 0 saturated carbocycles. The van der Waals surface area contributed by atoms with Crippen molar-refractivity contribution in [2.24, 2.45) is 0 Å². The van der Waals surface area contributed by atoms with Crippen molar-refractivity contribution >= 4 is 10.0 Å². The lowest BCUT2D eigenvalue weighted by Crippen LogP contribution is -2.57. The quantitative estimate of drug-likeness (QED) is 0.856. The molecule has 124 valence electrons. The Morgan fingerprint density at radius 3 is 2.45 bits per heavy atom. The molecule has 1 heterocycles. The Morgan fingerprint density at radius 1 is 1.27 bits per heavy atom. The highest BCUT2D eigenvalue weighted by Gasteiger charge is 2.42. The van der Waals surface area contributed by atoms with Crippen LogP contribution in [0.2, 0.25) is 0 Å². The number of nitrogens with zero attached hydrogens (tertiary/aromatic N) is 1. The molecular formula is C16H25NO4S. The van der Waals surface area contributed by atoms with Gasteiger partial charge in [-0.05, 0) is 57.9 Å². The molecule has 1 aromatic carbocycles. The van der Waals surface area contributed by atoms with Crippen molar-refractivity contribution in [1.82, 2.24) is 4.31 Å². The molecule has 1 aliphatic rings. The van der Waals surface area contributed by atoms with Crippen molar-refractivity contribution in [2.45, 2.75) is 51.2 Å². The van der Waals surface area contributed by atoms with Gasteiger partial charge in [0.15, 0.2) is 0 Å². The van der Waals surface area contributed by atoms with Gasteiger partial charge in [-0.1, -0.05) is 0 Å². The molecule has 1 fully saturated rings. The molecule has 0 amide bonds. The minimum absolute atomic E-state index is 0.125. The normalized spacial score (nSPS) is 22.5. The van der Waals surface area contributed by atoms with Gasteiger partial charge in [0, 0.05) is 6.54 Å². The number of methoxy groups -OCH3 is 1. The summed E-state index contributed by atoms with van der Waals surface area (Å²) in [5.74, 6) is 0.387. The first-order valence-electron chi connectivity index (χ1n) is 7.39. The summed E-state index contributed by atoms with van der Waals surface area (Å²) in [5, 5.41) is 0. The first kappa shape index (κ1) is 17.2. The van der Waals surface area contributed by atoms with Crippen LogP contribution in [0.25, 0.3) is 0 Å². The molecule has 1 aromatic rings. The zero-order chi connectivity index (χ0) is 16.7. The van der Waals surface area contributed by atoms with Gasteiger partial charge in [-0.15, -0.1) is 0 Å². The van der Waals surface area contributed by atoms with Gasteiger partial charge in [0.05, 0.1) is 25.4 Å². The number of ether oxygens (including phenoxy) is 2. The summed E-state index contributed by atoms with van der Waals surface area (Å²) in [5.41, 5.74) is 1.35. The topological polar surface area (TPSA) is 55.8 Å². The third-order valence-electron chi connectivity index (χ3n) is 4.17. The van der Waals surface area contributed by atoms with Crippen LogP contribution in [0.15, 0.2) is 17.0 Å². The van der Waals surface area contributed by atoms with Crippen LogP contribution < -0.4 is 4.74 Å². The third kappa shape index (κ3) is 3.00. The minimum Gasteiger partial charge on any atom is -0.495 e. The van der Waals surface area contributed by atoms with E-state index < -0.39 is 15.6 Å². The molecule has 1 aliphatic heterocycles. The zero-order valence-electron chi connectivity index (χ0n) is 14.1. The molecule has 0 aliphatic carbocycles. The predicted octanol–water partition coefficient (Wildman–Crippen LogP) is 2.50. The van der Waals surface area contributed by atoms with Crippen molar-refractivity contribution < 1.29 is 17.9 Å². The van der Waals surface area contributed by atoms with Crippen molar-refractivity contribution in [3.05, 3.63) is 23.3 Å². The molecule has 0 radical (unpaired) electrons. The van der Waals surface area contributed by atoms with E-state index in [1.54, 1.807) is 12.1 Å². The molecule has 0 bridgehead atoms. The summed E-state index contributed by atoms with van der Waals surface area (Å²) in [4.78, 5) is 0.222. The van der Waals surface area contributed by atoms with E-state index >= 15 is 0 Å². The lowest BCUT2D eigenvalue weighted by molar-refractivity contribution is -0.0551. The fraction of sp³-hybridized carbons (Fsp3) is 0.625. The van der Waals surface area contributed by atoms with E-state index in [0.29, 0.717) is 18.9 Å². The SMILES string of the molecule is COc1cc(C)c(C)cc1S(=O)(=O)N1CC(C)OCC1(C)C. The van der Waals surface area contributed by atoms with E-state index in [-0.39, 0.29) is 11.0 Å². The van der Waals surface area contributed by atoms with Crippen LogP contribution in [0, 0.1) is 13.8 Å². The maximum absolute atomic E-state index is 13.2. The van der Waals surface area contributed by atoms with Crippen LogP contribution in [0.5, 0.6) is 5.75 Å². The molecule has 0 N–H and O–H groups in total. The van der Waals surface area contributed by atoms with Gasteiger partial charge in [0.1, 0.15) is 10.6 Å². The summed E-state index contributed by atoms with van der Waals surface area (Å²) in [6.07, 6.45) is -0.125. The summed E-state index contributed by atoms with van der Waals surface area (Å²) in [6.45, 7) is 10.2. The molecule has 1 atom stereocenters. The first-order valence-corrected chi connectivity index (χ1v) is 8.83. The predicted molar refractivity (Wildman–Crippen MR) is 85.9 cm³/mol. The van der Waals surface area contributed by atoms with Crippen LogP contribution in [-0.2, 0) is 14.8 Å². The van der Waals surface area contributed by atoms with E-state index in [0.717, 1.165) is 11.1 Å².